The fourth-order valence-electron chi connectivity index (χ4n) is 3.47. The van der Waals surface area contributed by atoms with Crippen molar-refractivity contribution in [1.29, 1.82) is 0 Å². The fraction of sp³-hybridized carbons (Fsp3) is 0.389. The highest BCUT2D eigenvalue weighted by atomic mass is 79.9. The molecule has 0 N–H and O–H groups in total. The van der Waals surface area contributed by atoms with E-state index in [-0.39, 0.29) is 12.2 Å². The smallest absolute Gasteiger partial charge is 0.247 e. The molecule has 0 bridgehead atoms. The topological polar surface area (TPSA) is 91.7 Å². The lowest BCUT2D eigenvalue weighted by atomic mass is 10.1. The van der Waals surface area contributed by atoms with Gasteiger partial charge in [-0.1, -0.05) is 15.9 Å². The van der Waals surface area contributed by atoms with Gasteiger partial charge in [-0.15, -0.1) is 10.2 Å². The molecule has 2 unspecified atom stereocenters. The molecule has 28 heavy (non-hydrogen) atoms. The Morgan fingerprint density at radius 3 is 2.71 bits per heavy atom. The van der Waals surface area contributed by atoms with Crippen LogP contribution in [0.2, 0.25) is 0 Å². The zero-order valence-corrected chi connectivity index (χ0v) is 16.6. The summed E-state index contributed by atoms with van der Waals surface area (Å²) in [6.45, 7) is 3.52. The molecule has 1 aromatic carbocycles. The van der Waals surface area contributed by atoms with Gasteiger partial charge in [0, 0.05) is 23.1 Å². The third-order valence-corrected chi connectivity index (χ3v) is 5.41. The third kappa shape index (κ3) is 3.33. The van der Waals surface area contributed by atoms with E-state index in [4.69, 9.17) is 9.15 Å². The maximum Gasteiger partial charge on any atom is 0.247 e. The lowest BCUT2D eigenvalue weighted by Gasteiger charge is -2.34. The van der Waals surface area contributed by atoms with Crippen molar-refractivity contribution in [2.24, 2.45) is 15.0 Å². The second-order valence-electron chi connectivity index (χ2n) is 6.65. The van der Waals surface area contributed by atoms with E-state index in [0.717, 1.165) is 29.0 Å². The summed E-state index contributed by atoms with van der Waals surface area (Å²) in [7, 11) is 0. The number of hydrogen-bond donors (Lipinski definition) is 0. The number of aromatic nitrogens is 2. The normalized spacial score (nSPS) is 23.8. The Labute approximate surface area is 170 Å². The zero-order valence-electron chi connectivity index (χ0n) is 15.0. The van der Waals surface area contributed by atoms with Crippen molar-refractivity contribution in [2.45, 2.75) is 18.8 Å². The van der Waals surface area contributed by atoms with E-state index in [0.29, 0.717) is 31.5 Å². The molecule has 5 rings (SSSR count). The molecule has 4 heterocycles. The van der Waals surface area contributed by atoms with Crippen molar-refractivity contribution in [1.82, 2.24) is 20.0 Å². The number of morpholine rings is 1. The Bertz CT molecular complexity index is 934. The monoisotopic (exact) mass is 443 g/mol. The number of aliphatic imine (C=N–C) groups is 3. The minimum atomic E-state index is -0.140. The van der Waals surface area contributed by atoms with Crippen LogP contribution in [0.25, 0.3) is 11.5 Å². The SMILES string of the molecule is Brc1ccc(-c2nnc(CN3C=NC4C(N5CCOCC5)=NC=NC43)o2)cc1. The second kappa shape index (κ2) is 7.44. The standard InChI is InChI=1S/C18H18BrN7O2/c19-13-3-1-12(2-4-13)18-24-23-14(28-18)9-26-11-22-15-16(20-10-21-17(15)26)25-5-7-27-8-6-25/h1-4,10-11,15,17H,5-9H2. The number of halogens is 1. The molecule has 3 aliphatic heterocycles. The van der Waals surface area contributed by atoms with E-state index < -0.39 is 0 Å². The Morgan fingerprint density at radius 2 is 1.89 bits per heavy atom. The van der Waals surface area contributed by atoms with E-state index in [1.165, 1.54) is 0 Å². The molecular weight excluding hydrogens is 426 g/mol. The predicted molar refractivity (Wildman–Crippen MR) is 107 cm³/mol. The Hall–Kier alpha value is -2.59. The molecule has 10 heteroatoms. The first kappa shape index (κ1) is 17.5. The van der Waals surface area contributed by atoms with Crippen LogP contribution in [0.3, 0.4) is 0 Å². The highest BCUT2D eigenvalue weighted by Crippen LogP contribution is 2.25. The number of benzene rings is 1. The lowest BCUT2D eigenvalue weighted by molar-refractivity contribution is 0.0662. The van der Waals surface area contributed by atoms with Crippen molar-refractivity contribution in [3.05, 3.63) is 34.6 Å². The molecule has 0 saturated carbocycles. The average molecular weight is 444 g/mol. The summed E-state index contributed by atoms with van der Waals surface area (Å²) >= 11 is 3.43. The highest BCUT2D eigenvalue weighted by Gasteiger charge is 2.38. The van der Waals surface area contributed by atoms with Crippen LogP contribution < -0.4 is 0 Å². The van der Waals surface area contributed by atoms with E-state index in [1.807, 2.05) is 29.2 Å². The van der Waals surface area contributed by atoms with E-state index in [2.05, 4.69) is 46.0 Å². The van der Waals surface area contributed by atoms with Gasteiger partial charge in [-0.2, -0.15) is 0 Å². The van der Waals surface area contributed by atoms with Gasteiger partial charge in [-0.25, -0.2) is 9.98 Å². The van der Waals surface area contributed by atoms with Crippen LogP contribution in [0, 0.1) is 0 Å². The van der Waals surface area contributed by atoms with Gasteiger partial charge in [0.25, 0.3) is 0 Å². The molecule has 2 atom stereocenters. The molecule has 1 fully saturated rings. The van der Waals surface area contributed by atoms with Crippen molar-refractivity contribution < 1.29 is 9.15 Å². The summed E-state index contributed by atoms with van der Waals surface area (Å²) in [5, 5.41) is 8.35. The van der Waals surface area contributed by atoms with Gasteiger partial charge in [-0.3, -0.25) is 4.99 Å². The van der Waals surface area contributed by atoms with E-state index in [1.54, 1.807) is 12.7 Å². The van der Waals surface area contributed by atoms with Gasteiger partial charge in [-0.05, 0) is 24.3 Å². The molecule has 1 saturated heterocycles. The zero-order chi connectivity index (χ0) is 18.9. The minimum Gasteiger partial charge on any atom is -0.419 e. The molecule has 144 valence electrons. The van der Waals surface area contributed by atoms with Gasteiger partial charge in [0.15, 0.2) is 6.17 Å². The van der Waals surface area contributed by atoms with Crippen molar-refractivity contribution in [2.75, 3.05) is 26.3 Å². The first-order valence-corrected chi connectivity index (χ1v) is 9.87. The van der Waals surface area contributed by atoms with Gasteiger partial charge < -0.3 is 19.0 Å². The molecule has 0 aliphatic carbocycles. The van der Waals surface area contributed by atoms with Gasteiger partial charge >= 0.3 is 0 Å². The van der Waals surface area contributed by atoms with E-state index in [9.17, 15) is 0 Å². The number of nitrogens with zero attached hydrogens (tertiary/aromatic N) is 7. The summed E-state index contributed by atoms with van der Waals surface area (Å²) in [6, 6.07) is 7.65. The van der Waals surface area contributed by atoms with Crippen LogP contribution in [0.15, 0.2) is 48.1 Å². The third-order valence-electron chi connectivity index (χ3n) is 4.88. The van der Waals surface area contributed by atoms with Gasteiger partial charge in [0.1, 0.15) is 18.2 Å². The van der Waals surface area contributed by atoms with E-state index >= 15 is 0 Å². The summed E-state index contributed by atoms with van der Waals surface area (Å²) in [5.41, 5.74) is 0.882. The first-order chi connectivity index (χ1) is 13.8. The van der Waals surface area contributed by atoms with Crippen molar-refractivity contribution in [3.8, 4) is 11.5 Å². The maximum absolute atomic E-state index is 5.84. The Kier molecular flexibility index (Phi) is 4.65. The summed E-state index contributed by atoms with van der Waals surface area (Å²) in [6.07, 6.45) is 3.28. The average Bonchev–Trinajstić information content (AvgIpc) is 3.37. The van der Waals surface area contributed by atoms with Crippen molar-refractivity contribution in [3.63, 3.8) is 0 Å². The van der Waals surface area contributed by atoms with Crippen LogP contribution >= 0.6 is 15.9 Å². The van der Waals surface area contributed by atoms with Crippen LogP contribution in [0.4, 0.5) is 0 Å². The minimum absolute atomic E-state index is 0.114. The summed E-state index contributed by atoms with van der Waals surface area (Å²) < 4.78 is 12.3. The highest BCUT2D eigenvalue weighted by molar-refractivity contribution is 9.10. The fourth-order valence-corrected chi connectivity index (χ4v) is 3.73. The largest absolute Gasteiger partial charge is 0.419 e. The quantitative estimate of drug-likeness (QED) is 0.717. The predicted octanol–water partition coefficient (Wildman–Crippen LogP) is 1.81. The van der Waals surface area contributed by atoms with Gasteiger partial charge in [0.2, 0.25) is 11.8 Å². The second-order valence-corrected chi connectivity index (χ2v) is 7.57. The molecular formula is C18H18BrN7O2. The Balaban J connectivity index is 1.29. The molecule has 0 radical (unpaired) electrons. The molecule has 9 nitrogen and oxygen atoms in total. The molecule has 2 aromatic rings. The molecule has 0 amide bonds. The molecule has 0 spiro atoms. The first-order valence-electron chi connectivity index (χ1n) is 9.07. The van der Waals surface area contributed by atoms with Crippen LogP contribution in [0.1, 0.15) is 5.89 Å². The summed E-state index contributed by atoms with van der Waals surface area (Å²) in [4.78, 5) is 17.9. The van der Waals surface area contributed by atoms with Crippen LogP contribution in [-0.2, 0) is 11.3 Å². The molecule has 1 aromatic heterocycles. The van der Waals surface area contributed by atoms with Gasteiger partial charge in [0.05, 0.1) is 26.1 Å². The summed E-state index contributed by atoms with van der Waals surface area (Å²) in [5.74, 6) is 1.97. The maximum atomic E-state index is 5.84. The number of amidine groups is 1. The number of ether oxygens (including phenoxy) is 1. The number of rotatable bonds is 3. The number of fused-ring (bicyclic) bond motifs is 1. The lowest BCUT2D eigenvalue weighted by Crippen LogP contribution is -2.50. The van der Waals surface area contributed by atoms with Crippen LogP contribution in [-0.4, -0.2) is 77.0 Å². The molecule has 3 aliphatic rings. The van der Waals surface area contributed by atoms with Crippen molar-refractivity contribution >= 4 is 34.4 Å². The van der Waals surface area contributed by atoms with Crippen LogP contribution in [0.5, 0.6) is 0 Å². The number of hydrogen-bond acceptors (Lipinski definition) is 9. The Morgan fingerprint density at radius 1 is 1.07 bits per heavy atom.